The first kappa shape index (κ1) is 18.5. The smallest absolute Gasteiger partial charge is 0.0544 e. The molecular formula is C21H24Cl2N2S. The molecule has 0 radical (unpaired) electrons. The monoisotopic (exact) mass is 406 g/mol. The van der Waals surface area contributed by atoms with Crippen LogP contribution in [0.4, 0.5) is 5.69 Å². The molecule has 0 saturated carbocycles. The van der Waals surface area contributed by atoms with Gasteiger partial charge in [-0.25, -0.2) is 0 Å². The van der Waals surface area contributed by atoms with Gasteiger partial charge < -0.3 is 10.2 Å². The molecule has 0 amide bonds. The lowest BCUT2D eigenvalue weighted by Gasteiger charge is -2.33. The van der Waals surface area contributed by atoms with Crippen LogP contribution in [0.25, 0.3) is 11.1 Å². The second kappa shape index (κ2) is 7.63. The van der Waals surface area contributed by atoms with Crippen LogP contribution in [0.15, 0.2) is 35.2 Å². The fraction of sp³-hybridized carbons (Fsp3) is 0.429. The van der Waals surface area contributed by atoms with Gasteiger partial charge in [-0.1, -0.05) is 36.2 Å². The molecule has 2 heterocycles. The minimum absolute atomic E-state index is 0.556. The molecule has 5 heteroatoms. The topological polar surface area (TPSA) is 15.3 Å². The van der Waals surface area contributed by atoms with E-state index < -0.39 is 0 Å². The Labute approximate surface area is 170 Å². The lowest BCUT2D eigenvalue weighted by molar-refractivity contribution is 0.405. The zero-order chi connectivity index (χ0) is 18.3. The highest BCUT2D eigenvalue weighted by Gasteiger charge is 2.40. The third kappa shape index (κ3) is 3.13. The van der Waals surface area contributed by atoms with Crippen molar-refractivity contribution in [3.05, 3.63) is 45.9 Å². The minimum Gasteiger partial charge on any atom is -0.367 e. The van der Waals surface area contributed by atoms with Gasteiger partial charge in [-0.05, 0) is 61.0 Å². The number of thioether (sulfide) groups is 1. The molecule has 1 N–H and O–H groups in total. The molecule has 0 spiro atoms. The predicted octanol–water partition coefficient (Wildman–Crippen LogP) is 6.06. The third-order valence-electron chi connectivity index (χ3n) is 5.52. The Hall–Kier alpha value is -0.870. The van der Waals surface area contributed by atoms with E-state index in [1.807, 2.05) is 30.0 Å². The van der Waals surface area contributed by atoms with E-state index in [1.165, 1.54) is 28.1 Å². The van der Waals surface area contributed by atoms with Crippen LogP contribution in [0.5, 0.6) is 0 Å². The van der Waals surface area contributed by atoms with E-state index in [0.29, 0.717) is 22.0 Å². The SMILES string of the molecule is CCSc1cc(-c2ccc(Cl)cc2Cl)cc2c1N(CC)C1CCNCC21. The highest BCUT2D eigenvalue weighted by Crippen LogP contribution is 2.50. The average Bonchev–Trinajstić information content (AvgIpc) is 2.96. The summed E-state index contributed by atoms with van der Waals surface area (Å²) in [5.74, 6) is 1.62. The normalized spacial score (nSPS) is 21.6. The predicted molar refractivity (Wildman–Crippen MR) is 115 cm³/mol. The van der Waals surface area contributed by atoms with E-state index >= 15 is 0 Å². The fourth-order valence-corrected chi connectivity index (χ4v) is 5.87. The average molecular weight is 407 g/mol. The first-order valence-corrected chi connectivity index (χ1v) is 11.1. The maximum atomic E-state index is 6.52. The number of likely N-dealkylation sites (N-methyl/N-ethyl adjacent to an activating group) is 1. The lowest BCUT2D eigenvalue weighted by atomic mass is 9.88. The molecule has 26 heavy (non-hydrogen) atoms. The minimum atomic E-state index is 0.556. The van der Waals surface area contributed by atoms with E-state index in [0.717, 1.165) is 31.0 Å². The van der Waals surface area contributed by atoms with Crippen molar-refractivity contribution in [2.24, 2.45) is 0 Å². The summed E-state index contributed by atoms with van der Waals surface area (Å²) in [5, 5.41) is 4.99. The molecule has 2 aliphatic heterocycles. The molecule has 1 saturated heterocycles. The first-order valence-electron chi connectivity index (χ1n) is 9.37. The molecule has 2 aromatic carbocycles. The van der Waals surface area contributed by atoms with Crippen molar-refractivity contribution in [1.82, 2.24) is 5.32 Å². The number of rotatable bonds is 4. The lowest BCUT2D eigenvalue weighted by Crippen LogP contribution is -2.44. The van der Waals surface area contributed by atoms with Gasteiger partial charge in [0.05, 0.1) is 5.69 Å². The quantitative estimate of drug-likeness (QED) is 0.621. The maximum absolute atomic E-state index is 6.52. The van der Waals surface area contributed by atoms with Gasteiger partial charge in [0.2, 0.25) is 0 Å². The summed E-state index contributed by atoms with van der Waals surface area (Å²) in [4.78, 5) is 4.01. The van der Waals surface area contributed by atoms with Crippen LogP contribution in [-0.2, 0) is 0 Å². The molecule has 0 aliphatic carbocycles. The summed E-state index contributed by atoms with van der Waals surface area (Å²) >= 11 is 14.6. The van der Waals surface area contributed by atoms with Crippen LogP contribution >= 0.6 is 35.0 Å². The van der Waals surface area contributed by atoms with Gasteiger partial charge in [0, 0.05) is 45.6 Å². The fourth-order valence-electron chi connectivity index (χ4n) is 4.46. The van der Waals surface area contributed by atoms with Crippen molar-refractivity contribution in [3.63, 3.8) is 0 Å². The van der Waals surface area contributed by atoms with Gasteiger partial charge in [0.1, 0.15) is 0 Å². The summed E-state index contributed by atoms with van der Waals surface area (Å²) in [6.45, 7) is 7.73. The van der Waals surface area contributed by atoms with Gasteiger partial charge in [-0.3, -0.25) is 0 Å². The van der Waals surface area contributed by atoms with Crippen LogP contribution in [0.3, 0.4) is 0 Å². The van der Waals surface area contributed by atoms with E-state index in [1.54, 1.807) is 0 Å². The summed E-state index contributed by atoms with van der Waals surface area (Å²) in [7, 11) is 0. The van der Waals surface area contributed by atoms with Gasteiger partial charge in [0.15, 0.2) is 0 Å². The highest BCUT2D eigenvalue weighted by molar-refractivity contribution is 7.99. The van der Waals surface area contributed by atoms with E-state index in [9.17, 15) is 0 Å². The van der Waals surface area contributed by atoms with E-state index in [4.69, 9.17) is 23.2 Å². The summed E-state index contributed by atoms with van der Waals surface area (Å²) < 4.78 is 0. The number of anilines is 1. The number of halogens is 2. The Morgan fingerprint density at radius 2 is 2.04 bits per heavy atom. The molecule has 1 fully saturated rings. The van der Waals surface area contributed by atoms with Crippen LogP contribution in [0.1, 0.15) is 31.7 Å². The molecular weight excluding hydrogens is 383 g/mol. The number of fused-ring (bicyclic) bond motifs is 3. The van der Waals surface area contributed by atoms with Crippen molar-refractivity contribution < 1.29 is 0 Å². The molecule has 2 unspecified atom stereocenters. The summed E-state index contributed by atoms with van der Waals surface area (Å²) in [5.41, 5.74) is 5.19. The number of nitrogens with zero attached hydrogens (tertiary/aromatic N) is 1. The Balaban J connectivity index is 1.88. The van der Waals surface area contributed by atoms with Crippen molar-refractivity contribution in [1.29, 1.82) is 0 Å². The molecule has 2 atom stereocenters. The zero-order valence-electron chi connectivity index (χ0n) is 15.2. The summed E-state index contributed by atoms with van der Waals surface area (Å²) in [6, 6.07) is 11.1. The van der Waals surface area contributed by atoms with Gasteiger partial charge in [-0.15, -0.1) is 11.8 Å². The Bertz CT molecular complexity index is 824. The van der Waals surface area contributed by atoms with E-state index in [-0.39, 0.29) is 0 Å². The first-order chi connectivity index (χ1) is 12.6. The molecule has 138 valence electrons. The van der Waals surface area contributed by atoms with Crippen molar-refractivity contribution >= 4 is 40.7 Å². The number of piperidine rings is 1. The van der Waals surface area contributed by atoms with Gasteiger partial charge in [0.25, 0.3) is 0 Å². The second-order valence-corrected chi connectivity index (χ2v) is 9.07. The largest absolute Gasteiger partial charge is 0.367 e. The van der Waals surface area contributed by atoms with E-state index in [2.05, 4.69) is 36.2 Å². The molecule has 2 aliphatic rings. The standard InChI is InChI=1S/C21H24Cl2N2S/c1-3-25-19-7-8-24-12-17(19)16-9-13(10-20(21(16)25)26-4-2)15-6-5-14(22)11-18(15)23/h5-6,9-11,17,19,24H,3-4,7-8,12H2,1-2H3. The van der Waals surface area contributed by atoms with Crippen LogP contribution in [0.2, 0.25) is 10.0 Å². The van der Waals surface area contributed by atoms with Crippen LogP contribution in [0, 0.1) is 0 Å². The van der Waals surface area contributed by atoms with Crippen molar-refractivity contribution in [2.45, 2.75) is 37.1 Å². The number of hydrogen-bond donors (Lipinski definition) is 1. The molecule has 2 nitrogen and oxygen atoms in total. The Kier molecular flexibility index (Phi) is 5.43. The van der Waals surface area contributed by atoms with Crippen molar-refractivity contribution in [3.8, 4) is 11.1 Å². The Morgan fingerprint density at radius 3 is 2.77 bits per heavy atom. The number of benzene rings is 2. The van der Waals surface area contributed by atoms with Crippen LogP contribution in [-0.4, -0.2) is 31.4 Å². The number of nitrogens with one attached hydrogen (secondary N) is 1. The zero-order valence-corrected chi connectivity index (χ0v) is 17.5. The van der Waals surface area contributed by atoms with Gasteiger partial charge in [-0.2, -0.15) is 0 Å². The molecule has 2 aromatic rings. The summed E-state index contributed by atoms with van der Waals surface area (Å²) in [6.07, 6.45) is 1.21. The molecule has 4 rings (SSSR count). The van der Waals surface area contributed by atoms with Crippen LogP contribution < -0.4 is 10.2 Å². The van der Waals surface area contributed by atoms with Gasteiger partial charge >= 0.3 is 0 Å². The molecule has 0 aromatic heterocycles. The Morgan fingerprint density at radius 1 is 1.19 bits per heavy atom. The number of hydrogen-bond acceptors (Lipinski definition) is 3. The maximum Gasteiger partial charge on any atom is 0.0544 e. The highest BCUT2D eigenvalue weighted by atomic mass is 35.5. The molecule has 0 bridgehead atoms. The third-order valence-corrected chi connectivity index (χ3v) is 6.98. The second-order valence-electron chi connectivity index (χ2n) is 6.92. The van der Waals surface area contributed by atoms with Crippen molar-refractivity contribution in [2.75, 3.05) is 30.3 Å².